The van der Waals surface area contributed by atoms with Crippen LogP contribution in [-0.4, -0.2) is 126 Å². The van der Waals surface area contributed by atoms with Crippen LogP contribution < -0.4 is 10.4 Å². The van der Waals surface area contributed by atoms with Gasteiger partial charge in [-0.2, -0.15) is 0 Å². The van der Waals surface area contributed by atoms with Crippen LogP contribution in [-0.2, 0) is 49.4 Å². The summed E-state index contributed by atoms with van der Waals surface area (Å²) in [5, 5.41) is 1.99. The lowest BCUT2D eigenvalue weighted by atomic mass is 10.4. The molecule has 12 nitrogen and oxygen atoms in total. The summed E-state index contributed by atoms with van der Waals surface area (Å²) in [6, 6.07) is 20.4. The van der Waals surface area contributed by atoms with E-state index in [1.807, 2.05) is 36.4 Å². The predicted octanol–water partition coefficient (Wildman–Crippen LogP) is 4.57. The minimum Gasteiger partial charge on any atom is -0.416 e. The molecule has 0 fully saturated rings. The molecule has 2 aromatic rings. The molecule has 0 heterocycles. The van der Waals surface area contributed by atoms with Crippen molar-refractivity contribution in [1.29, 1.82) is 0 Å². The van der Waals surface area contributed by atoms with Gasteiger partial charge in [0.15, 0.2) is 90.4 Å². The van der Waals surface area contributed by atoms with Crippen LogP contribution in [0.3, 0.4) is 0 Å². The van der Waals surface area contributed by atoms with E-state index in [0.717, 1.165) is 10.4 Å². The first-order valence-corrected chi connectivity index (χ1v) is 55.6. The van der Waals surface area contributed by atoms with Crippen molar-refractivity contribution in [2.45, 2.75) is 131 Å². The zero-order valence-corrected chi connectivity index (χ0v) is 55.0. The van der Waals surface area contributed by atoms with Crippen molar-refractivity contribution in [3.63, 3.8) is 0 Å². The first-order chi connectivity index (χ1) is 26.8. The zero-order chi connectivity index (χ0) is 44.5. The monoisotopic (exact) mass is 1050 g/mol. The smallest absolute Gasteiger partial charge is 0.416 e. The van der Waals surface area contributed by atoms with Crippen LogP contribution in [0.15, 0.2) is 60.7 Å². The van der Waals surface area contributed by atoms with E-state index in [2.05, 4.69) is 155 Å². The number of benzene rings is 2. The van der Waals surface area contributed by atoms with E-state index in [4.69, 9.17) is 49.4 Å². The Morgan fingerprint density at radius 2 is 0.448 bits per heavy atom. The third-order valence-electron chi connectivity index (χ3n) is 6.62. The van der Waals surface area contributed by atoms with Gasteiger partial charge in [-0.3, -0.25) is 0 Å². The number of hydrogen-bond donors (Lipinski definition) is 0. The van der Waals surface area contributed by atoms with Crippen LogP contribution >= 0.6 is 0 Å². The molecule has 0 aliphatic carbocycles. The molecule has 2 rings (SSSR count). The van der Waals surface area contributed by atoms with E-state index in [1.165, 1.54) is 0 Å². The predicted molar refractivity (Wildman–Crippen MR) is 277 cm³/mol. The van der Waals surface area contributed by atoms with Gasteiger partial charge in [-0.1, -0.05) is 60.7 Å². The van der Waals surface area contributed by atoms with E-state index >= 15 is 0 Å². The summed E-state index contributed by atoms with van der Waals surface area (Å²) in [6.45, 7) is 42.7. The molecule has 0 saturated heterocycles. The van der Waals surface area contributed by atoms with E-state index in [0.29, 0.717) is 0 Å². The molecule has 0 atom stereocenters. The highest BCUT2D eigenvalue weighted by atomic mass is 28.6. The molecule has 0 amide bonds. The van der Waals surface area contributed by atoms with Crippen molar-refractivity contribution in [2.75, 3.05) is 0 Å². The third-order valence-corrected chi connectivity index (χ3v) is 43.6. The Morgan fingerprint density at radius 1 is 0.259 bits per heavy atom. The molecule has 0 unspecified atom stereocenters. The van der Waals surface area contributed by atoms with E-state index in [-0.39, 0.29) is 0 Å². The van der Waals surface area contributed by atoms with Gasteiger partial charge in [0.2, 0.25) is 0 Å². The Hall–Kier alpha value is 0.996. The lowest BCUT2D eigenvalue weighted by Gasteiger charge is -2.42. The summed E-state index contributed by atoms with van der Waals surface area (Å²) in [4.78, 5) is 0. The molecule has 336 valence electrons. The fourth-order valence-corrected chi connectivity index (χ4v) is 48.2. The van der Waals surface area contributed by atoms with Crippen LogP contribution in [0.4, 0.5) is 0 Å². The Bertz CT molecular complexity index is 1210. The van der Waals surface area contributed by atoms with Gasteiger partial charge in [-0.25, -0.2) is 0 Å². The average molecular weight is 1050 g/mol. The highest BCUT2D eigenvalue weighted by Crippen LogP contribution is 2.27. The average Bonchev–Trinajstić information content (AvgIpc) is 3.02. The van der Waals surface area contributed by atoms with Gasteiger partial charge in [0.05, 0.1) is 0 Å². The molecule has 0 spiro atoms. The number of hydrogen-bond acceptors (Lipinski definition) is 12. The summed E-state index contributed by atoms with van der Waals surface area (Å²) in [7, 11) is -28.3. The summed E-state index contributed by atoms with van der Waals surface area (Å²) in [6.07, 6.45) is 0. The van der Waals surface area contributed by atoms with Crippen LogP contribution in [0.5, 0.6) is 0 Å². The fraction of sp³-hybridized carbons (Fsp3) is 0.625. The second kappa shape index (κ2) is 27.4. The van der Waals surface area contributed by atoms with Crippen molar-refractivity contribution in [3.05, 3.63) is 60.7 Å². The zero-order valence-electron chi connectivity index (χ0n) is 39.4. The Labute approximate surface area is 374 Å². The van der Waals surface area contributed by atoms with Gasteiger partial charge in [0, 0.05) is 10.4 Å². The number of rotatable bonds is 26. The van der Waals surface area contributed by atoms with Gasteiger partial charge in [-0.05, 0) is 131 Å². The lowest BCUT2D eigenvalue weighted by molar-refractivity contribution is 0.0762. The second-order valence-electron chi connectivity index (χ2n) is 16.7. The summed E-state index contributed by atoms with van der Waals surface area (Å²) in [5.41, 5.74) is 0. The summed E-state index contributed by atoms with van der Waals surface area (Å²) >= 11 is 0. The van der Waals surface area contributed by atoms with E-state index in [9.17, 15) is 0 Å². The molecule has 0 bridgehead atoms. The first-order valence-electron chi connectivity index (χ1n) is 21.1. The van der Waals surface area contributed by atoms with Crippen LogP contribution in [0, 0.1) is 0 Å². The first kappa shape index (κ1) is 57.0. The fourth-order valence-electron chi connectivity index (χ4n) is 5.44. The summed E-state index contributed by atoms with van der Waals surface area (Å²) < 4.78 is 79.1. The minimum atomic E-state index is -3.38. The van der Waals surface area contributed by atoms with Crippen molar-refractivity contribution >= 4 is 136 Å². The molecule has 0 aliphatic heterocycles. The van der Waals surface area contributed by atoms with Gasteiger partial charge in [-0.15, -0.1) is 0 Å². The molecule has 0 saturated carbocycles. The topological polar surface area (TPSA) is 111 Å². The molecule has 0 radical (unpaired) electrons. The highest BCUT2D eigenvalue weighted by molar-refractivity contribution is 6.95. The SMILES string of the molecule is C[SiH](C)O[Si](O[SiH](C)C)(O[SiH](C)C)O[Si](O[SiH](C)C)(O[SiH](C)C)O[SiH](C)C.C[SiH](C)O[Si](O[SiH](C)C)(O[Si](O[SiH](C)C)(O[SiH](C)C)c1ccccc1)c1ccccc1. The van der Waals surface area contributed by atoms with Gasteiger partial charge < -0.3 is 49.4 Å². The van der Waals surface area contributed by atoms with E-state index < -0.39 is 126 Å². The molecule has 58 heavy (non-hydrogen) atoms. The molecular formula is C32H80O12Si14. The molecular weight excluding hydrogens is 970 g/mol. The Kier molecular flexibility index (Phi) is 26.9. The normalized spacial score (nSPS) is 13.5. The maximum Gasteiger partial charge on any atom is 0.641 e. The molecule has 2 aromatic carbocycles. The van der Waals surface area contributed by atoms with Crippen molar-refractivity contribution in [3.8, 4) is 0 Å². The van der Waals surface area contributed by atoms with Crippen molar-refractivity contribution in [2.24, 2.45) is 0 Å². The molecule has 26 heteroatoms. The molecule has 0 aliphatic rings. The van der Waals surface area contributed by atoms with Crippen molar-refractivity contribution < 1.29 is 49.4 Å². The van der Waals surface area contributed by atoms with Crippen LogP contribution in [0.25, 0.3) is 0 Å². The Balaban J connectivity index is 0.000000587. The lowest BCUT2D eigenvalue weighted by Crippen LogP contribution is -2.72. The maximum atomic E-state index is 7.17. The Morgan fingerprint density at radius 3 is 0.621 bits per heavy atom. The minimum absolute atomic E-state index is 0.994. The summed E-state index contributed by atoms with van der Waals surface area (Å²) in [5.74, 6) is 0. The van der Waals surface area contributed by atoms with Gasteiger partial charge in [0.1, 0.15) is 0 Å². The van der Waals surface area contributed by atoms with Gasteiger partial charge in [0.25, 0.3) is 0 Å². The standard InChI is InChI=1S/C20H38O5Si6.C12H42O7Si8/c1-26(2)21-30(22-27(3)4,19-15-11-9-12-16-19)25-31(23-28(5)6,24-29(7)8)20-17-13-10-14-18-20;1-20(2)13-26(14-21(3)4,15-22(5)6)19-27(16-23(7)8,17-24(9)10)18-25(11)12/h9-18,26-29H,1-8H3;20-25H,1-12H3. The molecule has 0 N–H and O–H groups in total. The maximum absolute atomic E-state index is 7.17. The quantitative estimate of drug-likeness (QED) is 0.123. The largest absolute Gasteiger partial charge is 0.641 e. The third kappa shape index (κ3) is 21.6. The van der Waals surface area contributed by atoms with Crippen molar-refractivity contribution in [1.82, 2.24) is 0 Å². The van der Waals surface area contributed by atoms with Gasteiger partial charge >= 0.3 is 35.7 Å². The highest BCUT2D eigenvalue weighted by Gasteiger charge is 2.61. The van der Waals surface area contributed by atoms with E-state index in [1.54, 1.807) is 0 Å². The molecule has 0 aromatic heterocycles. The van der Waals surface area contributed by atoms with Crippen LogP contribution in [0.2, 0.25) is 131 Å². The second-order valence-corrected chi connectivity index (χ2v) is 54.1. The van der Waals surface area contributed by atoms with Crippen LogP contribution in [0.1, 0.15) is 0 Å².